The Balaban J connectivity index is 1.61. The lowest BCUT2D eigenvalue weighted by atomic mass is 9.86. The lowest BCUT2D eigenvalue weighted by Gasteiger charge is -2.17. The van der Waals surface area contributed by atoms with Crippen molar-refractivity contribution in [3.05, 3.63) is 81.4 Å². The van der Waals surface area contributed by atoms with E-state index in [0.29, 0.717) is 22.3 Å². The van der Waals surface area contributed by atoms with E-state index in [1.54, 1.807) is 42.7 Å². The van der Waals surface area contributed by atoms with E-state index < -0.39 is 23.5 Å². The topological polar surface area (TPSA) is 110 Å². The number of amides is 1. The number of fused-ring (bicyclic) bond motifs is 2. The molecular weight excluding hydrogens is 434 g/mol. The van der Waals surface area contributed by atoms with Crippen molar-refractivity contribution in [2.45, 2.75) is 52.0 Å². The summed E-state index contributed by atoms with van der Waals surface area (Å²) in [5, 5.41) is 13.8. The Morgan fingerprint density at radius 3 is 2.41 bits per heavy atom. The van der Waals surface area contributed by atoms with Gasteiger partial charge in [0.25, 0.3) is 0 Å². The van der Waals surface area contributed by atoms with Gasteiger partial charge in [0.2, 0.25) is 5.91 Å². The Morgan fingerprint density at radius 2 is 1.76 bits per heavy atom. The molecule has 0 saturated carbocycles. The van der Waals surface area contributed by atoms with Gasteiger partial charge in [-0.3, -0.25) is 4.79 Å². The summed E-state index contributed by atoms with van der Waals surface area (Å²) in [5.74, 6) is -1.62. The molecule has 1 amide bonds. The van der Waals surface area contributed by atoms with E-state index in [9.17, 15) is 19.5 Å². The van der Waals surface area contributed by atoms with Crippen molar-refractivity contribution in [3.8, 4) is 0 Å². The fraction of sp³-hybridized carbons (Fsp3) is 0.296. The van der Waals surface area contributed by atoms with Gasteiger partial charge in [-0.05, 0) is 36.0 Å². The zero-order valence-corrected chi connectivity index (χ0v) is 19.6. The molecule has 0 fully saturated rings. The van der Waals surface area contributed by atoms with Gasteiger partial charge in [0.1, 0.15) is 11.2 Å². The van der Waals surface area contributed by atoms with Gasteiger partial charge in [-0.25, -0.2) is 9.59 Å². The molecule has 0 aliphatic carbocycles. The summed E-state index contributed by atoms with van der Waals surface area (Å²) in [7, 11) is 0. The highest BCUT2D eigenvalue weighted by Gasteiger charge is 2.24. The number of furan rings is 1. The smallest absolute Gasteiger partial charge is 0.339 e. The van der Waals surface area contributed by atoms with Gasteiger partial charge in [-0.15, -0.1) is 0 Å². The lowest BCUT2D eigenvalue weighted by Crippen LogP contribution is -2.34. The molecule has 2 heterocycles. The summed E-state index contributed by atoms with van der Waals surface area (Å²) >= 11 is 0. The lowest BCUT2D eigenvalue weighted by molar-refractivity contribution is -0.142. The van der Waals surface area contributed by atoms with Gasteiger partial charge in [0.05, 0.1) is 6.26 Å². The number of hydrogen-bond donors (Lipinski definition) is 2. The van der Waals surface area contributed by atoms with Gasteiger partial charge >= 0.3 is 11.6 Å². The van der Waals surface area contributed by atoms with Crippen LogP contribution in [-0.2, 0) is 21.4 Å². The molecule has 1 atom stereocenters. The third kappa shape index (κ3) is 4.46. The average Bonchev–Trinajstić information content (AvgIpc) is 3.20. The minimum absolute atomic E-state index is 0.0467. The van der Waals surface area contributed by atoms with E-state index in [2.05, 4.69) is 26.1 Å². The van der Waals surface area contributed by atoms with Crippen LogP contribution in [0.5, 0.6) is 0 Å². The van der Waals surface area contributed by atoms with Crippen LogP contribution in [0.15, 0.2) is 62.4 Å². The normalized spacial score (nSPS) is 12.7. The van der Waals surface area contributed by atoms with Gasteiger partial charge in [-0.1, -0.05) is 51.1 Å². The van der Waals surface area contributed by atoms with Crippen LogP contribution >= 0.6 is 0 Å². The Bertz CT molecular complexity index is 1440. The molecule has 0 spiro atoms. The number of carboxylic acid groups (broad SMARTS) is 1. The van der Waals surface area contributed by atoms with Crippen LogP contribution in [0.25, 0.3) is 21.9 Å². The van der Waals surface area contributed by atoms with Crippen molar-refractivity contribution in [2.75, 3.05) is 0 Å². The Kier molecular flexibility index (Phi) is 6.04. The number of hydrogen-bond acceptors (Lipinski definition) is 5. The van der Waals surface area contributed by atoms with Crippen LogP contribution in [0.2, 0.25) is 0 Å². The molecule has 176 valence electrons. The highest BCUT2D eigenvalue weighted by molar-refractivity contribution is 5.97. The molecule has 7 heteroatoms. The van der Waals surface area contributed by atoms with Gasteiger partial charge in [-0.2, -0.15) is 0 Å². The first-order valence-corrected chi connectivity index (χ1v) is 11.1. The Hall–Kier alpha value is -3.87. The second kappa shape index (κ2) is 8.82. The molecular formula is C27H27NO6. The van der Waals surface area contributed by atoms with E-state index in [-0.39, 0.29) is 18.3 Å². The van der Waals surface area contributed by atoms with Crippen LogP contribution in [-0.4, -0.2) is 17.0 Å². The minimum Gasteiger partial charge on any atom is -0.479 e. The summed E-state index contributed by atoms with van der Waals surface area (Å²) in [6, 6.07) is 11.0. The quantitative estimate of drug-likeness (QED) is 0.390. The molecule has 1 unspecified atom stereocenters. The molecule has 0 aliphatic rings. The molecule has 0 aliphatic heterocycles. The number of carboxylic acids is 1. The van der Waals surface area contributed by atoms with Crippen LogP contribution in [0.4, 0.5) is 0 Å². The summed E-state index contributed by atoms with van der Waals surface area (Å²) in [6.45, 7) is 8.13. The molecule has 0 radical (unpaired) electrons. The maximum Gasteiger partial charge on any atom is 0.339 e. The molecule has 7 nitrogen and oxygen atoms in total. The zero-order valence-electron chi connectivity index (χ0n) is 19.6. The van der Waals surface area contributed by atoms with Crippen molar-refractivity contribution >= 4 is 33.8 Å². The van der Waals surface area contributed by atoms with Crippen molar-refractivity contribution in [1.29, 1.82) is 0 Å². The van der Waals surface area contributed by atoms with E-state index in [0.717, 1.165) is 21.9 Å². The molecule has 0 bridgehead atoms. The molecule has 2 aromatic heterocycles. The van der Waals surface area contributed by atoms with E-state index in [1.807, 2.05) is 13.0 Å². The van der Waals surface area contributed by atoms with E-state index in [1.165, 1.54) is 0 Å². The predicted molar refractivity (Wildman–Crippen MR) is 129 cm³/mol. The first-order valence-electron chi connectivity index (χ1n) is 11.1. The molecule has 0 saturated heterocycles. The number of benzene rings is 2. The number of carbonyl (C=O) groups excluding carboxylic acids is 1. The molecule has 4 aromatic rings. The Labute approximate surface area is 196 Å². The van der Waals surface area contributed by atoms with Crippen molar-refractivity contribution < 1.29 is 23.5 Å². The summed E-state index contributed by atoms with van der Waals surface area (Å²) in [4.78, 5) is 36.9. The van der Waals surface area contributed by atoms with Gasteiger partial charge in [0, 0.05) is 34.4 Å². The molecule has 2 N–H and O–H groups in total. The van der Waals surface area contributed by atoms with E-state index in [4.69, 9.17) is 8.83 Å². The minimum atomic E-state index is -1.16. The second-order valence-corrected chi connectivity index (χ2v) is 9.49. The number of aliphatic carboxylic acids is 1. The van der Waals surface area contributed by atoms with Crippen molar-refractivity contribution in [1.82, 2.24) is 5.32 Å². The number of nitrogens with one attached hydrogen (secondary N) is 1. The molecule has 34 heavy (non-hydrogen) atoms. The Morgan fingerprint density at radius 1 is 1.06 bits per heavy atom. The van der Waals surface area contributed by atoms with Crippen LogP contribution in [0.1, 0.15) is 55.5 Å². The van der Waals surface area contributed by atoms with Crippen molar-refractivity contribution in [2.24, 2.45) is 0 Å². The molecule has 4 rings (SSSR count). The summed E-state index contributed by atoms with van der Waals surface area (Å²) < 4.78 is 11.3. The SMILES string of the molecule is Cc1c(CCC(=O)NC(C(=O)O)c2ccccc2)c(=O)oc2cc3occ(C(C)(C)C)c3cc12. The summed E-state index contributed by atoms with van der Waals surface area (Å²) in [6.07, 6.45) is 1.81. The van der Waals surface area contributed by atoms with Gasteiger partial charge < -0.3 is 19.3 Å². The maximum atomic E-state index is 12.7. The second-order valence-electron chi connectivity index (χ2n) is 9.49. The van der Waals surface area contributed by atoms with Crippen LogP contribution in [0, 0.1) is 6.92 Å². The monoisotopic (exact) mass is 461 g/mol. The third-order valence-electron chi connectivity index (χ3n) is 6.08. The predicted octanol–water partition coefficient (Wildman–Crippen LogP) is 5.02. The average molecular weight is 462 g/mol. The highest BCUT2D eigenvalue weighted by atomic mass is 16.4. The first kappa shape index (κ1) is 23.3. The van der Waals surface area contributed by atoms with E-state index >= 15 is 0 Å². The number of rotatable bonds is 6. The first-order chi connectivity index (χ1) is 16.1. The van der Waals surface area contributed by atoms with Gasteiger partial charge in [0.15, 0.2) is 6.04 Å². The highest BCUT2D eigenvalue weighted by Crippen LogP contribution is 2.35. The standard InChI is InChI=1S/C27H27NO6/c1-15-17(10-11-23(29)28-24(25(30)31)16-8-6-5-7-9-16)26(32)34-22-13-21-19(12-18(15)22)20(14-33-21)27(2,3)4/h5-9,12-14,24H,10-11H2,1-4H3,(H,28,29)(H,30,31). The van der Waals surface area contributed by atoms with Crippen molar-refractivity contribution in [3.63, 3.8) is 0 Å². The van der Waals surface area contributed by atoms with Crippen LogP contribution in [0.3, 0.4) is 0 Å². The number of carbonyl (C=O) groups is 2. The maximum absolute atomic E-state index is 12.7. The number of aryl methyl sites for hydroxylation is 1. The fourth-order valence-electron chi connectivity index (χ4n) is 4.18. The summed E-state index contributed by atoms with van der Waals surface area (Å²) in [5.41, 5.74) is 3.09. The zero-order chi connectivity index (χ0) is 24.6. The third-order valence-corrected chi connectivity index (χ3v) is 6.08. The largest absolute Gasteiger partial charge is 0.479 e. The molecule has 2 aromatic carbocycles. The fourth-order valence-corrected chi connectivity index (χ4v) is 4.18. The van der Waals surface area contributed by atoms with Crippen LogP contribution < -0.4 is 10.9 Å².